The van der Waals surface area contributed by atoms with Crippen molar-refractivity contribution >= 4 is 6.09 Å². The highest BCUT2D eigenvalue weighted by atomic mass is 16.6. The molecule has 0 spiro atoms. The number of aryl methyl sites for hydroxylation is 1. The highest BCUT2D eigenvalue weighted by Crippen LogP contribution is 2.15. The molecule has 2 aromatic rings. The van der Waals surface area contributed by atoms with Gasteiger partial charge in [0.15, 0.2) is 0 Å². The molecule has 2 heterocycles. The lowest BCUT2D eigenvalue weighted by Gasteiger charge is -2.21. The molecule has 2 aromatic heterocycles. The lowest BCUT2D eigenvalue weighted by molar-refractivity contribution is 0.0980. The van der Waals surface area contributed by atoms with E-state index < -0.39 is 12.2 Å². The summed E-state index contributed by atoms with van der Waals surface area (Å²) in [6, 6.07) is 3.20. The maximum absolute atomic E-state index is 11.8. The van der Waals surface area contributed by atoms with Crippen molar-refractivity contribution in [2.24, 2.45) is 7.05 Å². The van der Waals surface area contributed by atoms with Crippen LogP contribution in [0.25, 0.3) is 5.69 Å². The van der Waals surface area contributed by atoms with E-state index >= 15 is 0 Å². The third-order valence-electron chi connectivity index (χ3n) is 3.04. The van der Waals surface area contributed by atoms with Gasteiger partial charge in [-0.15, -0.1) is 5.10 Å². The summed E-state index contributed by atoms with van der Waals surface area (Å²) in [5.74, 6) is 0. The van der Waals surface area contributed by atoms with Crippen LogP contribution in [0.4, 0.5) is 4.79 Å². The van der Waals surface area contributed by atoms with Crippen LogP contribution in [0.3, 0.4) is 0 Å². The van der Waals surface area contributed by atoms with E-state index in [0.717, 1.165) is 0 Å². The summed E-state index contributed by atoms with van der Waals surface area (Å²) in [5, 5.41) is 10.7. The topological polar surface area (TPSA) is 91.0 Å². The standard InChI is InChI=1S/C15H21N5O3/c1-10(23-14(22)16-15(2,3)4)12-9-20(18-17-12)11-6-7-19(5)13(21)8-11/h6-10H,1-5H3,(H,16,22). The number of rotatable bonds is 3. The molecule has 0 saturated carbocycles. The molecule has 1 atom stereocenters. The van der Waals surface area contributed by atoms with E-state index in [1.165, 1.54) is 15.3 Å². The summed E-state index contributed by atoms with van der Waals surface area (Å²) in [5.41, 5.74) is 0.569. The fourth-order valence-electron chi connectivity index (χ4n) is 1.83. The van der Waals surface area contributed by atoms with E-state index in [9.17, 15) is 9.59 Å². The van der Waals surface area contributed by atoms with Gasteiger partial charge in [-0.3, -0.25) is 4.79 Å². The molecule has 0 aromatic carbocycles. The van der Waals surface area contributed by atoms with Crippen LogP contribution >= 0.6 is 0 Å². The molecule has 0 saturated heterocycles. The van der Waals surface area contributed by atoms with Gasteiger partial charge in [-0.25, -0.2) is 9.48 Å². The van der Waals surface area contributed by atoms with E-state index in [1.807, 2.05) is 20.8 Å². The first-order chi connectivity index (χ1) is 10.7. The van der Waals surface area contributed by atoms with Gasteiger partial charge in [-0.1, -0.05) is 5.21 Å². The molecule has 0 aliphatic rings. The monoisotopic (exact) mass is 319 g/mol. The number of aromatic nitrogens is 4. The second-order valence-corrected chi connectivity index (χ2v) is 6.34. The first-order valence-corrected chi connectivity index (χ1v) is 7.24. The Bertz CT molecular complexity index is 757. The van der Waals surface area contributed by atoms with Crippen molar-refractivity contribution in [1.29, 1.82) is 0 Å². The zero-order chi connectivity index (χ0) is 17.2. The van der Waals surface area contributed by atoms with Gasteiger partial charge >= 0.3 is 6.09 Å². The molecule has 0 fully saturated rings. The van der Waals surface area contributed by atoms with Gasteiger partial charge in [0.25, 0.3) is 5.56 Å². The zero-order valence-corrected chi connectivity index (χ0v) is 13.9. The fourth-order valence-corrected chi connectivity index (χ4v) is 1.83. The van der Waals surface area contributed by atoms with Crippen molar-refractivity contribution < 1.29 is 9.53 Å². The number of pyridine rings is 1. The van der Waals surface area contributed by atoms with Crippen LogP contribution in [-0.2, 0) is 11.8 Å². The molecule has 1 unspecified atom stereocenters. The summed E-state index contributed by atoms with van der Waals surface area (Å²) in [6.45, 7) is 7.31. The fraction of sp³-hybridized carbons (Fsp3) is 0.467. The summed E-state index contributed by atoms with van der Waals surface area (Å²) >= 11 is 0. The van der Waals surface area contributed by atoms with Crippen LogP contribution in [0.15, 0.2) is 29.3 Å². The summed E-state index contributed by atoms with van der Waals surface area (Å²) in [6.07, 6.45) is 2.20. The largest absolute Gasteiger partial charge is 0.440 e. The van der Waals surface area contributed by atoms with Crippen LogP contribution in [-0.4, -0.2) is 31.2 Å². The van der Waals surface area contributed by atoms with Crippen molar-refractivity contribution in [3.8, 4) is 5.69 Å². The first-order valence-electron chi connectivity index (χ1n) is 7.24. The quantitative estimate of drug-likeness (QED) is 0.927. The van der Waals surface area contributed by atoms with Crippen LogP contribution in [0.1, 0.15) is 39.5 Å². The van der Waals surface area contributed by atoms with Gasteiger partial charge in [0.05, 0.1) is 11.9 Å². The van der Waals surface area contributed by atoms with Gasteiger partial charge in [-0.05, 0) is 33.8 Å². The molecule has 0 bridgehead atoms. The van der Waals surface area contributed by atoms with E-state index in [4.69, 9.17) is 4.74 Å². The second-order valence-electron chi connectivity index (χ2n) is 6.34. The van der Waals surface area contributed by atoms with Gasteiger partial charge < -0.3 is 14.6 Å². The molecule has 0 aliphatic heterocycles. The number of hydrogen-bond donors (Lipinski definition) is 1. The Labute approximate surface area is 134 Å². The van der Waals surface area contributed by atoms with Crippen molar-refractivity contribution in [1.82, 2.24) is 24.9 Å². The Hall–Kier alpha value is -2.64. The molecule has 8 nitrogen and oxygen atoms in total. The Morgan fingerprint density at radius 1 is 1.39 bits per heavy atom. The van der Waals surface area contributed by atoms with E-state index in [1.54, 1.807) is 32.4 Å². The number of amides is 1. The lowest BCUT2D eigenvalue weighted by Crippen LogP contribution is -2.41. The van der Waals surface area contributed by atoms with Crippen LogP contribution in [0.5, 0.6) is 0 Å². The Morgan fingerprint density at radius 2 is 2.09 bits per heavy atom. The molecule has 0 aliphatic carbocycles. The third kappa shape index (κ3) is 4.41. The minimum atomic E-state index is -0.558. The highest BCUT2D eigenvalue weighted by Gasteiger charge is 2.19. The second kappa shape index (κ2) is 6.23. The average molecular weight is 319 g/mol. The molecule has 23 heavy (non-hydrogen) atoms. The molecule has 0 radical (unpaired) electrons. The Kier molecular flexibility index (Phi) is 4.53. The Morgan fingerprint density at radius 3 is 2.70 bits per heavy atom. The highest BCUT2D eigenvalue weighted by molar-refractivity contribution is 5.68. The number of hydrogen-bond acceptors (Lipinski definition) is 5. The number of nitrogens with zero attached hydrogens (tertiary/aromatic N) is 4. The molecule has 2 rings (SSSR count). The minimum Gasteiger partial charge on any atom is -0.440 e. The average Bonchev–Trinajstić information content (AvgIpc) is 2.89. The third-order valence-corrected chi connectivity index (χ3v) is 3.04. The first kappa shape index (κ1) is 16.7. The molecular formula is C15H21N5O3. The number of ether oxygens (including phenoxy) is 1. The number of nitrogens with one attached hydrogen (secondary N) is 1. The summed E-state index contributed by atoms with van der Waals surface area (Å²) in [4.78, 5) is 23.4. The summed E-state index contributed by atoms with van der Waals surface area (Å²) < 4.78 is 8.21. The smallest absolute Gasteiger partial charge is 0.408 e. The lowest BCUT2D eigenvalue weighted by atomic mass is 10.1. The normalized spacial score (nSPS) is 12.7. The maximum Gasteiger partial charge on any atom is 0.408 e. The minimum absolute atomic E-state index is 0.145. The van der Waals surface area contributed by atoms with Crippen molar-refractivity contribution in [2.75, 3.05) is 0 Å². The molecule has 8 heteroatoms. The van der Waals surface area contributed by atoms with Crippen LogP contribution in [0.2, 0.25) is 0 Å². The molecule has 1 amide bonds. The molecule has 124 valence electrons. The van der Waals surface area contributed by atoms with E-state index in [2.05, 4.69) is 15.6 Å². The van der Waals surface area contributed by atoms with Gasteiger partial charge in [-0.2, -0.15) is 0 Å². The number of carbonyl (C=O) groups is 1. The van der Waals surface area contributed by atoms with E-state index in [-0.39, 0.29) is 11.1 Å². The van der Waals surface area contributed by atoms with Crippen molar-refractivity contribution in [2.45, 2.75) is 39.3 Å². The van der Waals surface area contributed by atoms with E-state index in [0.29, 0.717) is 11.4 Å². The predicted molar refractivity (Wildman–Crippen MR) is 84.4 cm³/mol. The van der Waals surface area contributed by atoms with Crippen LogP contribution in [0, 0.1) is 0 Å². The number of alkyl carbamates (subject to hydrolysis) is 1. The van der Waals surface area contributed by atoms with Crippen molar-refractivity contribution in [3.63, 3.8) is 0 Å². The molecule has 1 N–H and O–H groups in total. The van der Waals surface area contributed by atoms with Crippen LogP contribution < -0.4 is 10.9 Å². The molecular weight excluding hydrogens is 298 g/mol. The summed E-state index contributed by atoms with van der Waals surface area (Å²) in [7, 11) is 1.67. The zero-order valence-electron chi connectivity index (χ0n) is 13.9. The maximum atomic E-state index is 11.8. The van der Waals surface area contributed by atoms with Crippen molar-refractivity contribution in [3.05, 3.63) is 40.6 Å². The van der Waals surface area contributed by atoms with Gasteiger partial charge in [0.1, 0.15) is 11.8 Å². The predicted octanol–water partition coefficient (Wildman–Crippen LogP) is 1.55. The SMILES string of the molecule is CC(OC(=O)NC(C)(C)C)c1cn(-c2ccn(C)c(=O)c2)nn1. The van der Waals surface area contributed by atoms with Gasteiger partial charge in [0.2, 0.25) is 0 Å². The Balaban J connectivity index is 2.10. The van der Waals surface area contributed by atoms with Gasteiger partial charge in [0, 0.05) is 24.8 Å². The number of carbonyl (C=O) groups excluding carboxylic acids is 1.